The summed E-state index contributed by atoms with van der Waals surface area (Å²) in [5.41, 5.74) is 4.94. The van der Waals surface area contributed by atoms with E-state index < -0.39 is 5.76 Å². The molecule has 0 bridgehead atoms. The van der Waals surface area contributed by atoms with Crippen LogP contribution in [0.1, 0.15) is 29.0 Å². The van der Waals surface area contributed by atoms with Gasteiger partial charge in [0.1, 0.15) is 0 Å². The van der Waals surface area contributed by atoms with E-state index in [4.69, 9.17) is 4.42 Å². The van der Waals surface area contributed by atoms with Crippen LogP contribution in [0.5, 0.6) is 0 Å². The van der Waals surface area contributed by atoms with Crippen LogP contribution in [0.2, 0.25) is 0 Å². The topological polar surface area (TPSA) is 55.5 Å². The van der Waals surface area contributed by atoms with Gasteiger partial charge in [0.25, 0.3) is 0 Å². The Morgan fingerprint density at radius 3 is 2.53 bits per heavy atom. The second-order valence-corrected chi connectivity index (χ2v) is 7.67. The predicted octanol–water partition coefficient (Wildman–Crippen LogP) is 4.16. The van der Waals surface area contributed by atoms with Crippen molar-refractivity contribution in [3.8, 4) is 0 Å². The van der Waals surface area contributed by atoms with Crippen molar-refractivity contribution in [1.82, 2.24) is 9.47 Å². The third kappa shape index (κ3) is 3.32. The SMILES string of the molecule is O=C(CCn1c(=O)oc2ccccc21)N1Cc2ccccc2[C@H](c2ccccc2)C1. The van der Waals surface area contributed by atoms with Gasteiger partial charge in [-0.1, -0.05) is 66.7 Å². The van der Waals surface area contributed by atoms with Crippen LogP contribution in [0.25, 0.3) is 11.1 Å². The highest BCUT2D eigenvalue weighted by molar-refractivity contribution is 5.77. The van der Waals surface area contributed by atoms with Gasteiger partial charge in [-0.05, 0) is 28.8 Å². The molecule has 1 amide bonds. The van der Waals surface area contributed by atoms with Crippen LogP contribution in [-0.4, -0.2) is 21.9 Å². The monoisotopic (exact) mass is 398 g/mol. The summed E-state index contributed by atoms with van der Waals surface area (Å²) in [6, 6.07) is 25.9. The van der Waals surface area contributed by atoms with Crippen LogP contribution in [-0.2, 0) is 17.9 Å². The van der Waals surface area contributed by atoms with Gasteiger partial charge in [0.05, 0.1) is 5.52 Å². The standard InChI is InChI=1S/C25H22N2O3/c28-24(14-15-27-22-12-6-7-13-23(22)30-25(27)29)26-16-19-10-4-5-11-20(19)21(17-26)18-8-2-1-3-9-18/h1-13,21H,14-17H2/t21-/m0/s1. The van der Waals surface area contributed by atoms with E-state index in [1.54, 1.807) is 10.6 Å². The van der Waals surface area contributed by atoms with E-state index in [9.17, 15) is 9.59 Å². The summed E-state index contributed by atoms with van der Waals surface area (Å²) >= 11 is 0. The zero-order valence-electron chi connectivity index (χ0n) is 16.5. The summed E-state index contributed by atoms with van der Waals surface area (Å²) in [6.07, 6.45) is 0.257. The van der Waals surface area contributed by atoms with E-state index in [2.05, 4.69) is 30.3 Å². The Kier molecular flexibility index (Phi) is 4.71. The van der Waals surface area contributed by atoms with Gasteiger partial charge >= 0.3 is 5.76 Å². The second kappa shape index (κ2) is 7.67. The normalized spacial score (nSPS) is 15.9. The maximum Gasteiger partial charge on any atom is 0.419 e. The third-order valence-electron chi connectivity index (χ3n) is 5.87. The molecule has 0 spiro atoms. The number of amides is 1. The number of fused-ring (bicyclic) bond motifs is 2. The van der Waals surface area contributed by atoms with Crippen molar-refractivity contribution in [1.29, 1.82) is 0 Å². The van der Waals surface area contributed by atoms with E-state index in [0.29, 0.717) is 25.2 Å². The Hall–Kier alpha value is -3.60. The van der Waals surface area contributed by atoms with Gasteiger partial charge in [-0.2, -0.15) is 0 Å². The molecule has 4 aromatic rings. The lowest BCUT2D eigenvalue weighted by Crippen LogP contribution is -2.39. The number of aryl methyl sites for hydroxylation is 1. The van der Waals surface area contributed by atoms with Crippen LogP contribution >= 0.6 is 0 Å². The first-order valence-corrected chi connectivity index (χ1v) is 10.2. The molecule has 0 N–H and O–H groups in total. The molecule has 5 rings (SSSR count). The molecule has 2 heterocycles. The summed E-state index contributed by atoms with van der Waals surface area (Å²) < 4.78 is 6.82. The first kappa shape index (κ1) is 18.4. The van der Waals surface area contributed by atoms with Crippen molar-refractivity contribution in [2.45, 2.75) is 25.4 Å². The van der Waals surface area contributed by atoms with Crippen molar-refractivity contribution in [2.24, 2.45) is 0 Å². The first-order chi connectivity index (χ1) is 14.7. The average Bonchev–Trinajstić information content (AvgIpc) is 3.12. The van der Waals surface area contributed by atoms with Gasteiger partial charge < -0.3 is 9.32 Å². The average molecular weight is 398 g/mol. The fourth-order valence-electron chi connectivity index (χ4n) is 4.36. The lowest BCUT2D eigenvalue weighted by molar-refractivity contribution is -0.132. The molecule has 30 heavy (non-hydrogen) atoms. The fourth-order valence-corrected chi connectivity index (χ4v) is 4.36. The highest BCUT2D eigenvalue weighted by Gasteiger charge is 2.28. The Morgan fingerprint density at radius 2 is 1.67 bits per heavy atom. The molecule has 1 aliphatic rings. The lowest BCUT2D eigenvalue weighted by Gasteiger charge is -2.35. The molecule has 0 radical (unpaired) electrons. The van der Waals surface area contributed by atoms with Crippen molar-refractivity contribution in [2.75, 3.05) is 6.54 Å². The van der Waals surface area contributed by atoms with E-state index in [1.807, 2.05) is 47.4 Å². The Morgan fingerprint density at radius 1 is 0.933 bits per heavy atom. The van der Waals surface area contributed by atoms with Gasteiger partial charge in [0.15, 0.2) is 5.58 Å². The predicted molar refractivity (Wildman–Crippen MR) is 115 cm³/mol. The number of carbonyl (C=O) groups excluding carboxylic acids is 1. The molecule has 1 atom stereocenters. The number of rotatable bonds is 4. The molecule has 5 nitrogen and oxygen atoms in total. The van der Waals surface area contributed by atoms with Gasteiger partial charge in [-0.25, -0.2) is 4.79 Å². The van der Waals surface area contributed by atoms with Gasteiger partial charge in [0.2, 0.25) is 5.91 Å². The minimum Gasteiger partial charge on any atom is -0.408 e. The van der Waals surface area contributed by atoms with Crippen molar-refractivity contribution in [3.05, 3.63) is 106 Å². The summed E-state index contributed by atoms with van der Waals surface area (Å²) in [4.78, 5) is 27.2. The zero-order valence-corrected chi connectivity index (χ0v) is 16.5. The molecule has 5 heteroatoms. The molecule has 150 valence electrons. The van der Waals surface area contributed by atoms with E-state index in [0.717, 1.165) is 5.52 Å². The van der Waals surface area contributed by atoms with Crippen LogP contribution in [0, 0.1) is 0 Å². The Balaban J connectivity index is 1.38. The smallest absolute Gasteiger partial charge is 0.408 e. The van der Waals surface area contributed by atoms with Crippen molar-refractivity contribution < 1.29 is 9.21 Å². The maximum atomic E-state index is 13.1. The largest absolute Gasteiger partial charge is 0.419 e. The minimum atomic E-state index is -0.421. The quantitative estimate of drug-likeness (QED) is 0.519. The molecular weight excluding hydrogens is 376 g/mol. The maximum absolute atomic E-state index is 13.1. The molecular formula is C25H22N2O3. The second-order valence-electron chi connectivity index (χ2n) is 7.67. The zero-order chi connectivity index (χ0) is 20.5. The van der Waals surface area contributed by atoms with Crippen LogP contribution in [0.4, 0.5) is 0 Å². The van der Waals surface area contributed by atoms with E-state index >= 15 is 0 Å². The highest BCUT2D eigenvalue weighted by Crippen LogP contribution is 2.33. The molecule has 0 unspecified atom stereocenters. The molecule has 1 aliphatic heterocycles. The summed E-state index contributed by atoms with van der Waals surface area (Å²) in [5.74, 6) is -0.227. The summed E-state index contributed by atoms with van der Waals surface area (Å²) in [6.45, 7) is 1.54. The van der Waals surface area contributed by atoms with Crippen LogP contribution < -0.4 is 5.76 Å². The molecule has 0 aliphatic carbocycles. The molecule has 3 aromatic carbocycles. The number of hydrogen-bond acceptors (Lipinski definition) is 3. The lowest BCUT2D eigenvalue weighted by atomic mass is 9.84. The van der Waals surface area contributed by atoms with Crippen molar-refractivity contribution in [3.63, 3.8) is 0 Å². The number of aromatic nitrogens is 1. The fraction of sp³-hybridized carbons (Fsp3) is 0.200. The highest BCUT2D eigenvalue weighted by atomic mass is 16.4. The first-order valence-electron chi connectivity index (χ1n) is 10.2. The molecule has 1 aromatic heterocycles. The third-order valence-corrected chi connectivity index (χ3v) is 5.87. The van der Waals surface area contributed by atoms with Gasteiger partial charge in [-0.3, -0.25) is 9.36 Å². The Bertz CT molecular complexity index is 1260. The minimum absolute atomic E-state index is 0.0441. The van der Waals surface area contributed by atoms with E-state index in [-0.39, 0.29) is 18.2 Å². The van der Waals surface area contributed by atoms with E-state index in [1.165, 1.54) is 16.7 Å². The summed E-state index contributed by atoms with van der Waals surface area (Å²) in [7, 11) is 0. The number of para-hydroxylation sites is 2. The number of carbonyl (C=O) groups is 1. The number of nitrogens with zero attached hydrogens (tertiary/aromatic N) is 2. The van der Waals surface area contributed by atoms with Crippen molar-refractivity contribution >= 4 is 17.0 Å². The summed E-state index contributed by atoms with van der Waals surface area (Å²) in [5, 5.41) is 0. The van der Waals surface area contributed by atoms with Gasteiger partial charge in [-0.15, -0.1) is 0 Å². The molecule has 0 saturated heterocycles. The van der Waals surface area contributed by atoms with Crippen LogP contribution in [0.15, 0.2) is 88.1 Å². The van der Waals surface area contributed by atoms with Crippen LogP contribution in [0.3, 0.4) is 0 Å². The number of benzene rings is 3. The molecule has 0 saturated carbocycles. The van der Waals surface area contributed by atoms with Gasteiger partial charge in [0, 0.05) is 32.0 Å². The Labute approximate surface area is 174 Å². The molecule has 0 fully saturated rings. The number of oxazole rings is 1. The number of hydrogen-bond donors (Lipinski definition) is 0.